The van der Waals surface area contributed by atoms with Gasteiger partial charge < -0.3 is 10.1 Å². The summed E-state index contributed by atoms with van der Waals surface area (Å²) >= 11 is 9.48. The van der Waals surface area contributed by atoms with Crippen molar-refractivity contribution in [3.05, 3.63) is 103 Å². The zero-order chi connectivity index (χ0) is 24.0. The number of halogens is 2. The molecule has 3 aromatic carbocycles. The van der Waals surface area contributed by atoms with Crippen LogP contribution in [0.4, 0.5) is 5.69 Å². The topological polar surface area (TPSA) is 84.7 Å². The van der Waals surface area contributed by atoms with Crippen molar-refractivity contribution in [2.75, 3.05) is 18.9 Å². The highest BCUT2D eigenvalue weighted by Gasteiger charge is 2.68. The van der Waals surface area contributed by atoms with E-state index in [1.807, 2.05) is 30.3 Å². The molecular formula is C25H21BrClN3O4. The van der Waals surface area contributed by atoms with Crippen LogP contribution in [0.5, 0.6) is 5.75 Å². The van der Waals surface area contributed by atoms with Crippen molar-refractivity contribution in [1.82, 2.24) is 4.90 Å². The number of hydrogen-bond donors (Lipinski definition) is 1. The van der Waals surface area contributed by atoms with Gasteiger partial charge in [0.2, 0.25) is 0 Å². The Morgan fingerprint density at radius 1 is 1.21 bits per heavy atom. The zero-order valence-corrected chi connectivity index (χ0v) is 20.5. The minimum absolute atomic E-state index is 0.284. The van der Waals surface area contributed by atoms with Gasteiger partial charge in [-0.3, -0.25) is 19.8 Å². The third-order valence-corrected chi connectivity index (χ3v) is 7.47. The number of fused-ring (bicyclic) bond motifs is 2. The molecule has 3 atom stereocenters. The van der Waals surface area contributed by atoms with Gasteiger partial charge in [0.25, 0.3) is 11.9 Å². The normalized spacial score (nSPS) is 23.7. The van der Waals surface area contributed by atoms with Gasteiger partial charge in [0.15, 0.2) is 5.54 Å². The Bertz CT molecular complexity index is 1290. The lowest BCUT2D eigenvalue weighted by Crippen LogP contribution is -2.54. The average molecular weight is 543 g/mol. The molecule has 0 unspecified atom stereocenters. The van der Waals surface area contributed by atoms with Crippen molar-refractivity contribution in [3.63, 3.8) is 0 Å². The lowest BCUT2D eigenvalue weighted by molar-refractivity contribution is -0.534. The molecule has 2 heterocycles. The van der Waals surface area contributed by atoms with Gasteiger partial charge in [0, 0.05) is 37.8 Å². The Hall–Kier alpha value is -2.94. The summed E-state index contributed by atoms with van der Waals surface area (Å²) < 4.78 is 6.92. The SMILES string of the molecule is CN1C[C@H](c2cc(Br)ccc2OCc2ccc(Cl)cc2)[C@@H]([N+](=O)[O-])[C@]12C(=O)Nc1ccccc12. The summed E-state index contributed by atoms with van der Waals surface area (Å²) in [6, 6.07) is 18.8. The Morgan fingerprint density at radius 3 is 2.68 bits per heavy atom. The van der Waals surface area contributed by atoms with Gasteiger partial charge >= 0.3 is 0 Å². The number of para-hydroxylation sites is 1. The van der Waals surface area contributed by atoms with E-state index in [0.717, 1.165) is 10.0 Å². The smallest absolute Gasteiger partial charge is 0.256 e. The number of rotatable bonds is 5. The first-order chi connectivity index (χ1) is 16.3. The lowest BCUT2D eigenvalue weighted by Gasteiger charge is -2.30. The molecule has 1 fully saturated rings. The van der Waals surface area contributed by atoms with Crippen molar-refractivity contribution >= 4 is 39.1 Å². The second-order valence-electron chi connectivity index (χ2n) is 8.58. The van der Waals surface area contributed by atoms with E-state index in [4.69, 9.17) is 16.3 Å². The average Bonchev–Trinajstić information content (AvgIpc) is 3.29. The van der Waals surface area contributed by atoms with Gasteiger partial charge in [0.05, 0.1) is 5.92 Å². The molecule has 2 aliphatic rings. The monoisotopic (exact) mass is 541 g/mol. The van der Waals surface area contributed by atoms with Crippen LogP contribution in [0.15, 0.2) is 71.2 Å². The molecule has 174 valence electrons. The number of nitrogens with zero attached hydrogens (tertiary/aromatic N) is 2. The van der Waals surface area contributed by atoms with Gasteiger partial charge in [0.1, 0.15) is 12.4 Å². The van der Waals surface area contributed by atoms with Crippen LogP contribution in [0, 0.1) is 10.1 Å². The second-order valence-corrected chi connectivity index (χ2v) is 9.93. The molecular weight excluding hydrogens is 522 g/mol. The molecule has 0 aliphatic carbocycles. The third kappa shape index (κ3) is 3.57. The van der Waals surface area contributed by atoms with E-state index in [0.29, 0.717) is 34.1 Å². The number of ether oxygens (including phenoxy) is 1. The number of likely N-dealkylation sites (N-methyl/N-ethyl adjacent to an activating group) is 1. The number of likely N-dealkylation sites (tertiary alicyclic amines) is 1. The van der Waals surface area contributed by atoms with Crippen LogP contribution in [0.25, 0.3) is 0 Å². The number of nitrogens with one attached hydrogen (secondary N) is 1. The standard InChI is InChI=1S/C25H21BrClN3O4/c1-29-13-19(23(30(32)33)25(29)20-4-2-3-5-21(20)28-24(25)31)18-12-16(26)8-11-22(18)34-14-15-6-9-17(27)10-7-15/h2-12,19,23H,13-14H2,1H3,(H,28,31)/t19-,23-,25-/m1/s1. The van der Waals surface area contributed by atoms with E-state index in [-0.39, 0.29) is 17.4 Å². The van der Waals surface area contributed by atoms with Crippen LogP contribution in [0.3, 0.4) is 0 Å². The van der Waals surface area contributed by atoms with Gasteiger partial charge in [-0.25, -0.2) is 0 Å². The number of carbonyl (C=O) groups is 1. The number of amides is 1. The predicted molar refractivity (Wildman–Crippen MR) is 133 cm³/mol. The Labute approximate surface area is 209 Å². The summed E-state index contributed by atoms with van der Waals surface area (Å²) in [5.41, 5.74) is 1.45. The summed E-state index contributed by atoms with van der Waals surface area (Å²) in [6.45, 7) is 0.604. The van der Waals surface area contributed by atoms with E-state index < -0.39 is 17.5 Å². The number of benzene rings is 3. The molecule has 1 saturated heterocycles. The quantitative estimate of drug-likeness (QED) is 0.354. The maximum atomic E-state index is 13.3. The summed E-state index contributed by atoms with van der Waals surface area (Å²) in [6.07, 6.45) is 0. The van der Waals surface area contributed by atoms with Crippen molar-refractivity contribution in [3.8, 4) is 5.75 Å². The van der Waals surface area contributed by atoms with E-state index >= 15 is 0 Å². The molecule has 9 heteroatoms. The largest absolute Gasteiger partial charge is 0.489 e. The Kier molecular flexibility index (Phi) is 5.83. The molecule has 0 saturated carbocycles. The molecule has 3 aromatic rings. The fraction of sp³-hybridized carbons (Fsp3) is 0.240. The highest BCUT2D eigenvalue weighted by atomic mass is 79.9. The maximum absolute atomic E-state index is 13.3. The van der Waals surface area contributed by atoms with Gasteiger partial charge in [-0.05, 0) is 49.0 Å². The molecule has 5 rings (SSSR count). The molecule has 0 aromatic heterocycles. The fourth-order valence-electron chi connectivity index (χ4n) is 5.24. The van der Waals surface area contributed by atoms with E-state index in [1.54, 1.807) is 48.3 Å². The van der Waals surface area contributed by atoms with Crippen molar-refractivity contribution in [2.45, 2.75) is 24.1 Å². The first kappa shape index (κ1) is 22.8. The summed E-state index contributed by atoms with van der Waals surface area (Å²) in [4.78, 5) is 27.4. The van der Waals surface area contributed by atoms with Crippen LogP contribution < -0.4 is 10.1 Å². The van der Waals surface area contributed by atoms with Crippen LogP contribution in [-0.2, 0) is 16.9 Å². The van der Waals surface area contributed by atoms with Crippen LogP contribution in [0.1, 0.15) is 22.6 Å². The molecule has 1 amide bonds. The Balaban J connectivity index is 1.56. The summed E-state index contributed by atoms with van der Waals surface area (Å²) in [7, 11) is 1.77. The molecule has 7 nitrogen and oxygen atoms in total. The minimum atomic E-state index is -1.40. The molecule has 0 radical (unpaired) electrons. The molecule has 34 heavy (non-hydrogen) atoms. The van der Waals surface area contributed by atoms with Crippen molar-refractivity contribution in [1.29, 1.82) is 0 Å². The van der Waals surface area contributed by atoms with Crippen LogP contribution >= 0.6 is 27.5 Å². The number of nitro groups is 1. The second kappa shape index (κ2) is 8.69. The summed E-state index contributed by atoms with van der Waals surface area (Å²) in [5.74, 6) is -0.402. The first-order valence-electron chi connectivity index (χ1n) is 10.7. The predicted octanol–water partition coefficient (Wildman–Crippen LogP) is 5.20. The van der Waals surface area contributed by atoms with E-state index in [2.05, 4.69) is 21.2 Å². The van der Waals surface area contributed by atoms with Crippen LogP contribution in [0.2, 0.25) is 5.02 Å². The van der Waals surface area contributed by atoms with E-state index in [9.17, 15) is 14.9 Å². The first-order valence-corrected chi connectivity index (χ1v) is 11.9. The maximum Gasteiger partial charge on any atom is 0.256 e. The third-order valence-electron chi connectivity index (χ3n) is 6.72. The van der Waals surface area contributed by atoms with E-state index in [1.165, 1.54) is 0 Å². The fourth-order valence-corrected chi connectivity index (χ4v) is 5.75. The summed E-state index contributed by atoms with van der Waals surface area (Å²) in [5, 5.41) is 16.1. The zero-order valence-electron chi connectivity index (χ0n) is 18.2. The number of carbonyl (C=O) groups excluding carboxylic acids is 1. The number of anilines is 1. The van der Waals surface area contributed by atoms with Crippen molar-refractivity contribution < 1.29 is 14.5 Å². The van der Waals surface area contributed by atoms with Crippen LogP contribution in [-0.4, -0.2) is 35.4 Å². The Morgan fingerprint density at radius 2 is 1.94 bits per heavy atom. The number of hydrogen-bond acceptors (Lipinski definition) is 5. The van der Waals surface area contributed by atoms with Gasteiger partial charge in [-0.15, -0.1) is 0 Å². The minimum Gasteiger partial charge on any atom is -0.489 e. The molecule has 0 bridgehead atoms. The molecule has 1 spiro atoms. The van der Waals surface area contributed by atoms with Gasteiger partial charge in [-0.1, -0.05) is 57.9 Å². The highest BCUT2D eigenvalue weighted by molar-refractivity contribution is 9.10. The van der Waals surface area contributed by atoms with Crippen molar-refractivity contribution in [2.24, 2.45) is 0 Å². The lowest BCUT2D eigenvalue weighted by atomic mass is 9.79. The molecule has 1 N–H and O–H groups in total. The molecule has 2 aliphatic heterocycles. The van der Waals surface area contributed by atoms with Gasteiger partial charge in [-0.2, -0.15) is 0 Å². The highest BCUT2D eigenvalue weighted by Crippen LogP contribution is 2.53.